The van der Waals surface area contributed by atoms with Crippen molar-refractivity contribution < 1.29 is 30.0 Å². The molecule has 0 saturated carbocycles. The van der Waals surface area contributed by atoms with E-state index in [0.29, 0.717) is 0 Å². The minimum absolute atomic E-state index is 0. The van der Waals surface area contributed by atoms with Crippen molar-refractivity contribution in [2.45, 2.75) is 48.5 Å². The second-order valence-corrected chi connectivity index (χ2v) is 10.8. The molecule has 4 aromatic rings. The molecule has 1 N–H and O–H groups in total. The van der Waals surface area contributed by atoms with Crippen LogP contribution in [-0.4, -0.2) is 20.4 Å². The van der Waals surface area contributed by atoms with Gasteiger partial charge < -0.3 is 9.67 Å². The summed E-state index contributed by atoms with van der Waals surface area (Å²) in [6.07, 6.45) is 5.43. The maximum atomic E-state index is 11.5. The van der Waals surface area contributed by atoms with Crippen LogP contribution in [0.15, 0.2) is 84.9 Å². The minimum atomic E-state index is -0.417. The van der Waals surface area contributed by atoms with E-state index in [2.05, 4.69) is 54.0 Å². The number of carbonyl (C=O) groups is 1. The molecular formula is C31H35IrN2O2-. The first-order valence-corrected chi connectivity index (χ1v) is 11.8. The van der Waals surface area contributed by atoms with E-state index in [4.69, 9.17) is 4.98 Å². The van der Waals surface area contributed by atoms with Crippen LogP contribution in [0.25, 0.3) is 27.8 Å². The van der Waals surface area contributed by atoms with Crippen LogP contribution < -0.4 is 0 Å². The van der Waals surface area contributed by atoms with Gasteiger partial charge in [-0.3, -0.25) is 9.78 Å². The third kappa shape index (κ3) is 7.74. The van der Waals surface area contributed by atoms with Crippen LogP contribution in [0, 0.1) is 23.8 Å². The summed E-state index contributed by atoms with van der Waals surface area (Å²) < 4.78 is 2.10. The van der Waals surface area contributed by atoms with Crippen molar-refractivity contribution in [3.8, 4) is 16.9 Å². The van der Waals surface area contributed by atoms with Gasteiger partial charge in [-0.1, -0.05) is 60.6 Å². The van der Waals surface area contributed by atoms with Gasteiger partial charge in [0.2, 0.25) is 0 Å². The Balaban J connectivity index is 0.000000285. The Morgan fingerprint density at radius 2 is 1.61 bits per heavy atom. The predicted molar refractivity (Wildman–Crippen MR) is 145 cm³/mol. The topological polar surface area (TPSA) is 55.1 Å². The fourth-order valence-corrected chi connectivity index (χ4v) is 3.22. The molecule has 0 spiro atoms. The standard InChI is InChI=1S/C20H15N2.C11H20O2.Ir/c1-15-5-4-6-16(13-15)19-9-7-17-14-18(8-10-20(17)21-19)22-11-2-3-12-22;1-10(2,3)8(12)7-9(13)11(4,5)6;/h2-5,7-14H,1H3;7,12H,1-6H3;/q-1;;/b;8-7-;. The van der Waals surface area contributed by atoms with Gasteiger partial charge in [0, 0.05) is 60.5 Å². The van der Waals surface area contributed by atoms with E-state index in [0.717, 1.165) is 27.8 Å². The zero-order valence-electron chi connectivity index (χ0n) is 22.1. The Morgan fingerprint density at radius 3 is 2.19 bits per heavy atom. The van der Waals surface area contributed by atoms with Crippen molar-refractivity contribution in [3.63, 3.8) is 0 Å². The van der Waals surface area contributed by atoms with Crippen molar-refractivity contribution in [2.75, 3.05) is 0 Å². The van der Waals surface area contributed by atoms with Crippen LogP contribution in [0.1, 0.15) is 47.1 Å². The molecule has 0 saturated heterocycles. The maximum absolute atomic E-state index is 11.5. The number of hydrogen-bond acceptors (Lipinski definition) is 3. The number of carbonyl (C=O) groups excluding carboxylic acids is 1. The molecule has 4 rings (SSSR count). The number of allylic oxidation sites excluding steroid dienone is 2. The number of aromatic nitrogens is 2. The molecule has 36 heavy (non-hydrogen) atoms. The van der Waals surface area contributed by atoms with Crippen LogP contribution in [0.2, 0.25) is 0 Å². The number of aliphatic hydroxyl groups is 1. The average Bonchev–Trinajstić information content (AvgIpc) is 3.32. The van der Waals surface area contributed by atoms with E-state index < -0.39 is 5.41 Å². The fourth-order valence-electron chi connectivity index (χ4n) is 3.22. The summed E-state index contributed by atoms with van der Waals surface area (Å²) in [5.74, 6) is 0.104. The second kappa shape index (κ2) is 11.8. The number of rotatable bonds is 3. The normalized spacial score (nSPS) is 11.9. The Bertz CT molecular complexity index is 1340. The van der Waals surface area contributed by atoms with Gasteiger partial charge in [0.05, 0.1) is 5.52 Å². The molecule has 0 aliphatic rings. The molecule has 4 nitrogen and oxygen atoms in total. The summed E-state index contributed by atoms with van der Waals surface area (Å²) in [5, 5.41) is 10.7. The minimum Gasteiger partial charge on any atom is -0.512 e. The number of nitrogens with zero attached hydrogens (tertiary/aromatic N) is 2. The number of fused-ring (bicyclic) bond motifs is 1. The third-order valence-corrected chi connectivity index (χ3v) is 5.58. The predicted octanol–water partition coefficient (Wildman–Crippen LogP) is 7.89. The number of pyridine rings is 1. The summed E-state index contributed by atoms with van der Waals surface area (Å²) in [5.41, 5.74) is 4.61. The fraction of sp³-hybridized carbons (Fsp3) is 0.290. The maximum Gasteiger partial charge on any atom is 0.164 e. The molecule has 2 aromatic heterocycles. The monoisotopic (exact) mass is 660 g/mol. The number of aryl methyl sites for hydroxylation is 1. The number of benzene rings is 2. The first-order chi connectivity index (χ1) is 16.3. The Labute approximate surface area is 228 Å². The molecule has 0 aliphatic heterocycles. The number of ketones is 1. The molecule has 0 fully saturated rings. The van der Waals surface area contributed by atoms with E-state index in [-0.39, 0.29) is 37.1 Å². The van der Waals surface area contributed by atoms with Crippen molar-refractivity contribution in [1.82, 2.24) is 9.55 Å². The quantitative estimate of drug-likeness (QED) is 0.138. The van der Waals surface area contributed by atoms with Gasteiger partial charge >= 0.3 is 0 Å². The van der Waals surface area contributed by atoms with Gasteiger partial charge in [-0.2, -0.15) is 0 Å². The molecule has 191 valence electrons. The van der Waals surface area contributed by atoms with Crippen LogP contribution in [-0.2, 0) is 24.9 Å². The van der Waals surface area contributed by atoms with Gasteiger partial charge in [-0.15, -0.1) is 35.4 Å². The van der Waals surface area contributed by atoms with Gasteiger partial charge in [0.25, 0.3) is 0 Å². The third-order valence-electron chi connectivity index (χ3n) is 5.58. The van der Waals surface area contributed by atoms with Gasteiger partial charge in [-0.25, -0.2) is 0 Å². The van der Waals surface area contributed by atoms with Gasteiger partial charge in [-0.05, 0) is 36.0 Å². The van der Waals surface area contributed by atoms with Crippen molar-refractivity contribution in [3.05, 3.63) is 96.5 Å². The van der Waals surface area contributed by atoms with E-state index in [1.54, 1.807) is 0 Å². The molecule has 0 atom stereocenters. The molecule has 0 unspecified atom stereocenters. The van der Waals surface area contributed by atoms with E-state index in [9.17, 15) is 9.90 Å². The molecular weight excluding hydrogens is 625 g/mol. The molecule has 2 aromatic carbocycles. The van der Waals surface area contributed by atoms with E-state index in [1.165, 1.54) is 11.6 Å². The first-order valence-electron chi connectivity index (χ1n) is 11.8. The van der Waals surface area contributed by atoms with Crippen molar-refractivity contribution in [1.29, 1.82) is 0 Å². The van der Waals surface area contributed by atoms with Crippen molar-refractivity contribution >= 4 is 16.7 Å². The van der Waals surface area contributed by atoms with Crippen LogP contribution in [0.3, 0.4) is 0 Å². The molecule has 2 heterocycles. The smallest absolute Gasteiger partial charge is 0.164 e. The molecule has 0 bridgehead atoms. The molecule has 0 aliphatic carbocycles. The largest absolute Gasteiger partial charge is 0.512 e. The molecule has 0 amide bonds. The van der Waals surface area contributed by atoms with Gasteiger partial charge in [0.1, 0.15) is 5.76 Å². The summed E-state index contributed by atoms with van der Waals surface area (Å²) in [7, 11) is 0. The SMILES string of the molecule is CC(C)(C)C(=O)/C=C(\O)C(C)(C)C.Cc1cc[c-]c(-c2ccc3cc(-n4cccc4)ccc3n2)c1.[Ir]. The first kappa shape index (κ1) is 29.2. The second-order valence-electron chi connectivity index (χ2n) is 10.8. The molecule has 1 radical (unpaired) electrons. The number of aliphatic hydroxyl groups excluding tert-OH is 1. The summed E-state index contributed by atoms with van der Waals surface area (Å²) in [6.45, 7) is 13.2. The Morgan fingerprint density at radius 1 is 0.944 bits per heavy atom. The average molecular weight is 660 g/mol. The van der Waals surface area contributed by atoms with Crippen LogP contribution in [0.5, 0.6) is 0 Å². The zero-order valence-corrected chi connectivity index (χ0v) is 24.5. The van der Waals surface area contributed by atoms with E-state index in [1.807, 2.05) is 78.2 Å². The van der Waals surface area contributed by atoms with Crippen LogP contribution >= 0.6 is 0 Å². The van der Waals surface area contributed by atoms with Gasteiger partial charge in [0.15, 0.2) is 5.78 Å². The summed E-state index contributed by atoms with van der Waals surface area (Å²) in [4.78, 5) is 16.3. The summed E-state index contributed by atoms with van der Waals surface area (Å²) >= 11 is 0. The number of hydrogen-bond donors (Lipinski definition) is 1. The Hall–Kier alpha value is -3.01. The zero-order chi connectivity index (χ0) is 25.8. The summed E-state index contributed by atoms with van der Waals surface area (Å²) in [6, 6.07) is 23.9. The van der Waals surface area contributed by atoms with Crippen LogP contribution in [0.4, 0.5) is 0 Å². The van der Waals surface area contributed by atoms with E-state index >= 15 is 0 Å². The van der Waals surface area contributed by atoms with Crippen molar-refractivity contribution in [2.24, 2.45) is 10.8 Å². The molecule has 5 heteroatoms. The Kier molecular flexibility index (Phi) is 9.59.